The summed E-state index contributed by atoms with van der Waals surface area (Å²) in [6.07, 6.45) is 3.60. The van der Waals surface area contributed by atoms with Crippen LogP contribution in [0, 0.1) is 5.41 Å². The largest absolute Gasteiger partial charge is 0.493 e. The Hall–Kier alpha value is -3.93. The molecule has 0 aliphatic rings. The number of hydrogen-bond acceptors (Lipinski definition) is 4. The second-order valence-electron chi connectivity index (χ2n) is 11.6. The van der Waals surface area contributed by atoms with Crippen LogP contribution in [-0.4, -0.2) is 40.9 Å². The fraction of sp³-hybridized carbons (Fsp3) is 0.432. The van der Waals surface area contributed by atoms with Gasteiger partial charge in [0.05, 0.1) is 13.0 Å². The molecule has 6 nitrogen and oxygen atoms in total. The molecular weight excluding hydrogens is 536 g/mol. The van der Waals surface area contributed by atoms with Crippen LogP contribution in [0.5, 0.6) is 5.75 Å². The summed E-state index contributed by atoms with van der Waals surface area (Å²) < 4.78 is 5.76. The highest BCUT2D eigenvalue weighted by Crippen LogP contribution is 2.32. The van der Waals surface area contributed by atoms with Crippen LogP contribution in [-0.2, 0) is 34.3 Å². The molecule has 0 aromatic heterocycles. The van der Waals surface area contributed by atoms with Crippen molar-refractivity contribution in [2.75, 3.05) is 13.2 Å². The van der Waals surface area contributed by atoms with E-state index in [1.807, 2.05) is 51.1 Å². The summed E-state index contributed by atoms with van der Waals surface area (Å²) in [7, 11) is 0. The third-order valence-corrected chi connectivity index (χ3v) is 7.29. The lowest BCUT2D eigenvalue weighted by atomic mass is 9.86. The number of amidine groups is 1. The highest BCUT2D eigenvalue weighted by molar-refractivity contribution is 5.96. The molecule has 0 spiro atoms. The topological polar surface area (TPSA) is 90.7 Å². The number of hydrogen-bond donors (Lipinski definition) is 2. The Bertz CT molecular complexity index is 1340. The number of aliphatic carboxylic acids is 1. The number of carbonyl (C=O) groups is 2. The van der Waals surface area contributed by atoms with Crippen LogP contribution in [0.1, 0.15) is 90.0 Å². The molecule has 0 heterocycles. The molecule has 3 aromatic carbocycles. The van der Waals surface area contributed by atoms with Crippen LogP contribution in [0.2, 0.25) is 0 Å². The van der Waals surface area contributed by atoms with Gasteiger partial charge in [0.25, 0.3) is 0 Å². The third kappa shape index (κ3) is 11.3. The summed E-state index contributed by atoms with van der Waals surface area (Å²) >= 11 is 0. The van der Waals surface area contributed by atoms with Crippen molar-refractivity contribution in [2.24, 2.45) is 0 Å². The van der Waals surface area contributed by atoms with Crippen molar-refractivity contribution in [1.82, 2.24) is 4.90 Å². The van der Waals surface area contributed by atoms with Crippen LogP contribution in [0.25, 0.3) is 11.1 Å². The number of carboxylic acid groups (broad SMARTS) is 1. The molecular formula is C37H50N2O4. The average Bonchev–Trinajstić information content (AvgIpc) is 2.98. The summed E-state index contributed by atoms with van der Waals surface area (Å²) in [4.78, 5) is 24.6. The van der Waals surface area contributed by atoms with Gasteiger partial charge in [0.15, 0.2) is 0 Å². The van der Waals surface area contributed by atoms with Gasteiger partial charge < -0.3 is 14.7 Å². The number of carbonyl (C=O) groups excluding carboxylic acids is 1. The van der Waals surface area contributed by atoms with E-state index in [4.69, 9.17) is 15.3 Å². The molecule has 0 aliphatic carbocycles. The zero-order valence-electron chi connectivity index (χ0n) is 27.1. The van der Waals surface area contributed by atoms with Crippen LogP contribution in [0.15, 0.2) is 66.7 Å². The first-order valence-electron chi connectivity index (χ1n) is 15.5. The average molecular weight is 587 g/mol. The minimum atomic E-state index is -0.867. The van der Waals surface area contributed by atoms with E-state index in [2.05, 4.69) is 58.0 Å². The monoisotopic (exact) mass is 586 g/mol. The first kappa shape index (κ1) is 35.3. The van der Waals surface area contributed by atoms with Crippen LogP contribution in [0.4, 0.5) is 0 Å². The molecule has 0 saturated carbocycles. The van der Waals surface area contributed by atoms with Gasteiger partial charge in [-0.1, -0.05) is 89.2 Å². The number of rotatable bonds is 12. The predicted molar refractivity (Wildman–Crippen MR) is 177 cm³/mol. The van der Waals surface area contributed by atoms with E-state index in [1.165, 1.54) is 11.1 Å². The first-order valence-corrected chi connectivity index (χ1v) is 15.5. The number of amides is 1. The van der Waals surface area contributed by atoms with E-state index < -0.39 is 5.97 Å². The summed E-state index contributed by atoms with van der Waals surface area (Å²) in [5, 5.41) is 17.3. The zero-order chi connectivity index (χ0) is 32.0. The highest BCUT2D eigenvalue weighted by Gasteiger charge is 2.15. The normalized spacial score (nSPS) is 10.9. The molecule has 0 radical (unpaired) electrons. The van der Waals surface area contributed by atoms with Gasteiger partial charge in [-0.05, 0) is 78.5 Å². The molecule has 0 fully saturated rings. The van der Waals surface area contributed by atoms with E-state index in [0.29, 0.717) is 31.8 Å². The van der Waals surface area contributed by atoms with Crippen molar-refractivity contribution in [3.63, 3.8) is 0 Å². The minimum Gasteiger partial charge on any atom is -0.493 e. The van der Waals surface area contributed by atoms with Crippen LogP contribution < -0.4 is 4.74 Å². The third-order valence-electron chi connectivity index (χ3n) is 7.29. The van der Waals surface area contributed by atoms with Gasteiger partial charge >= 0.3 is 5.97 Å². The predicted octanol–water partition coefficient (Wildman–Crippen LogP) is 8.48. The Kier molecular flexibility index (Phi) is 14.1. The van der Waals surface area contributed by atoms with Gasteiger partial charge in [0.1, 0.15) is 11.6 Å². The molecule has 6 heteroatoms. The molecule has 1 amide bonds. The Morgan fingerprint density at radius 1 is 0.884 bits per heavy atom. The van der Waals surface area contributed by atoms with Crippen molar-refractivity contribution < 1.29 is 19.4 Å². The number of ether oxygens (including phenoxy) is 1. The molecule has 0 aliphatic heterocycles. The SMILES string of the molecule is CCOc1ccc(CC(=O)O)cc1-c1cccc(CCCC(=N)N(CC)C(=O)CC)c1.CCc1ccc(C(C)(C)C)cc1. The standard InChI is InChI=1S/C25H32N2O4.C12H18/c1-4-24(28)27(5-2)23(26)12-8-10-18-9-7-11-20(15-18)21-16-19(17-25(29)30)13-14-22(21)31-6-3;1-5-10-6-8-11(9-7-10)12(2,3)4/h7,9,11,13-16,26H,4-6,8,10,12,17H2,1-3H3,(H,29,30);6-9H,5H2,1-4H3. The van der Waals surface area contributed by atoms with Crippen molar-refractivity contribution in [3.8, 4) is 16.9 Å². The van der Waals surface area contributed by atoms with Crippen LogP contribution in [0.3, 0.4) is 0 Å². The fourth-order valence-corrected chi connectivity index (χ4v) is 4.81. The summed E-state index contributed by atoms with van der Waals surface area (Å²) in [6, 6.07) is 22.5. The lowest BCUT2D eigenvalue weighted by molar-refractivity contribution is -0.136. The lowest BCUT2D eigenvalue weighted by Gasteiger charge is -2.21. The fourth-order valence-electron chi connectivity index (χ4n) is 4.81. The van der Waals surface area contributed by atoms with Gasteiger partial charge in [-0.25, -0.2) is 0 Å². The summed E-state index contributed by atoms with van der Waals surface area (Å²) in [5.41, 5.74) is 6.82. The summed E-state index contributed by atoms with van der Waals surface area (Å²) in [5.74, 6) is 0.214. The Morgan fingerprint density at radius 2 is 1.56 bits per heavy atom. The van der Waals surface area contributed by atoms with Gasteiger partial charge in [-0.2, -0.15) is 0 Å². The van der Waals surface area contributed by atoms with E-state index in [9.17, 15) is 9.59 Å². The zero-order valence-corrected chi connectivity index (χ0v) is 27.1. The van der Waals surface area contributed by atoms with Crippen molar-refractivity contribution in [1.29, 1.82) is 5.41 Å². The van der Waals surface area contributed by atoms with E-state index >= 15 is 0 Å². The molecule has 2 N–H and O–H groups in total. The highest BCUT2D eigenvalue weighted by atomic mass is 16.5. The number of benzene rings is 3. The number of nitrogens with zero attached hydrogens (tertiary/aromatic N) is 1. The van der Waals surface area contributed by atoms with Crippen molar-refractivity contribution in [2.45, 2.75) is 92.4 Å². The van der Waals surface area contributed by atoms with Gasteiger partial charge in [0.2, 0.25) is 5.91 Å². The van der Waals surface area contributed by atoms with Gasteiger partial charge in [0, 0.05) is 24.9 Å². The van der Waals surface area contributed by atoms with Gasteiger partial charge in [-0.3, -0.25) is 15.0 Å². The van der Waals surface area contributed by atoms with E-state index in [0.717, 1.165) is 47.3 Å². The molecule has 0 unspecified atom stereocenters. The Morgan fingerprint density at radius 3 is 2.12 bits per heavy atom. The Labute approximate surface area is 258 Å². The smallest absolute Gasteiger partial charge is 0.307 e. The molecule has 0 bridgehead atoms. The minimum absolute atomic E-state index is 0.0146. The number of carboxylic acids is 1. The maximum Gasteiger partial charge on any atom is 0.307 e. The van der Waals surface area contributed by atoms with Crippen LogP contribution >= 0.6 is 0 Å². The maximum atomic E-state index is 11.9. The summed E-state index contributed by atoms with van der Waals surface area (Å²) in [6.45, 7) is 15.6. The number of aryl methyl sites for hydroxylation is 2. The van der Waals surface area contributed by atoms with Crippen molar-refractivity contribution in [3.05, 3.63) is 89.0 Å². The van der Waals surface area contributed by atoms with Crippen molar-refractivity contribution >= 4 is 17.7 Å². The van der Waals surface area contributed by atoms with E-state index in [1.54, 1.807) is 11.0 Å². The molecule has 0 saturated heterocycles. The second-order valence-corrected chi connectivity index (χ2v) is 11.6. The molecule has 3 rings (SSSR count). The molecule has 43 heavy (non-hydrogen) atoms. The first-order chi connectivity index (χ1) is 20.4. The number of nitrogens with one attached hydrogen (secondary N) is 1. The maximum absolute atomic E-state index is 11.9. The molecule has 232 valence electrons. The van der Waals surface area contributed by atoms with E-state index in [-0.39, 0.29) is 17.7 Å². The molecule has 3 aromatic rings. The Balaban J connectivity index is 0.000000448. The quantitative estimate of drug-likeness (QED) is 0.164. The lowest BCUT2D eigenvalue weighted by Crippen LogP contribution is -2.35. The second kappa shape index (κ2) is 17.3. The molecule has 0 atom stereocenters. The van der Waals surface area contributed by atoms with Gasteiger partial charge in [-0.15, -0.1) is 0 Å².